The Morgan fingerprint density at radius 3 is 2.67 bits per heavy atom. The predicted molar refractivity (Wildman–Crippen MR) is 47.6 cm³/mol. The molecule has 2 aliphatic heterocycles. The van der Waals surface area contributed by atoms with Crippen LogP contribution in [0.2, 0.25) is 0 Å². The zero-order chi connectivity index (χ0) is 8.60. The van der Waals surface area contributed by atoms with Crippen molar-refractivity contribution in [2.24, 2.45) is 11.1 Å². The van der Waals surface area contributed by atoms with Crippen LogP contribution in [0.25, 0.3) is 0 Å². The van der Waals surface area contributed by atoms with Crippen molar-refractivity contribution in [3.63, 3.8) is 0 Å². The Hall–Kier alpha value is -0.540. The van der Waals surface area contributed by atoms with Crippen LogP contribution in [-0.2, 0) is 4.74 Å². The molecule has 0 aromatic heterocycles. The van der Waals surface area contributed by atoms with Gasteiger partial charge in [-0.3, -0.25) is 0 Å². The molecule has 3 N–H and O–H groups in total. The predicted octanol–water partition coefficient (Wildman–Crippen LogP) is 0.227. The van der Waals surface area contributed by atoms with Gasteiger partial charge in [0.2, 0.25) is 0 Å². The molecule has 0 saturated carbocycles. The van der Waals surface area contributed by atoms with Gasteiger partial charge in [0.15, 0.2) is 0 Å². The Balaban J connectivity index is 2.20. The Morgan fingerprint density at radius 2 is 2.17 bits per heavy atom. The molecule has 1 spiro atoms. The Bertz CT molecular complexity index is 197. The van der Waals surface area contributed by atoms with Crippen molar-refractivity contribution in [2.45, 2.75) is 18.9 Å². The van der Waals surface area contributed by atoms with Gasteiger partial charge in [-0.25, -0.2) is 0 Å². The third-order valence-corrected chi connectivity index (χ3v) is 3.23. The highest BCUT2D eigenvalue weighted by atomic mass is 16.5. The first-order valence-corrected chi connectivity index (χ1v) is 4.52. The van der Waals surface area contributed by atoms with E-state index in [0.717, 1.165) is 38.3 Å². The lowest BCUT2D eigenvalue weighted by Gasteiger charge is -2.36. The van der Waals surface area contributed by atoms with Gasteiger partial charge >= 0.3 is 0 Å². The number of hydrogen-bond donors (Lipinski definition) is 2. The first-order valence-electron chi connectivity index (χ1n) is 4.52. The van der Waals surface area contributed by atoms with Crippen molar-refractivity contribution < 1.29 is 4.74 Å². The highest BCUT2D eigenvalue weighted by Gasteiger charge is 2.44. The van der Waals surface area contributed by atoms with E-state index in [4.69, 9.17) is 10.5 Å². The highest BCUT2D eigenvalue weighted by Crippen LogP contribution is 2.41. The molecule has 2 heterocycles. The molecular formula is C9H16N2O. The summed E-state index contributed by atoms with van der Waals surface area (Å²) in [6, 6.07) is 0.230. The van der Waals surface area contributed by atoms with Crippen LogP contribution in [0.15, 0.2) is 12.3 Å². The van der Waals surface area contributed by atoms with Crippen molar-refractivity contribution in [1.29, 1.82) is 0 Å². The van der Waals surface area contributed by atoms with Crippen LogP contribution in [0.4, 0.5) is 0 Å². The third-order valence-electron chi connectivity index (χ3n) is 3.23. The van der Waals surface area contributed by atoms with Gasteiger partial charge < -0.3 is 15.8 Å². The molecule has 1 atom stereocenters. The van der Waals surface area contributed by atoms with Gasteiger partial charge in [0.25, 0.3) is 0 Å². The van der Waals surface area contributed by atoms with Crippen molar-refractivity contribution in [1.82, 2.24) is 5.32 Å². The molecule has 0 amide bonds. The number of hydrogen-bond acceptors (Lipinski definition) is 3. The van der Waals surface area contributed by atoms with Crippen molar-refractivity contribution in [3.8, 4) is 0 Å². The van der Waals surface area contributed by atoms with Gasteiger partial charge in [-0.05, 0) is 12.8 Å². The summed E-state index contributed by atoms with van der Waals surface area (Å²) in [5, 5.41) is 3.25. The van der Waals surface area contributed by atoms with Gasteiger partial charge in [0.05, 0.1) is 0 Å². The average molecular weight is 168 g/mol. The molecule has 1 unspecified atom stereocenters. The fraction of sp³-hybridized carbons (Fsp3) is 0.778. The molecule has 2 aliphatic rings. The fourth-order valence-electron chi connectivity index (χ4n) is 2.24. The smallest absolute Gasteiger partial charge is 0.0475 e. The molecule has 0 bridgehead atoms. The van der Waals surface area contributed by atoms with Crippen LogP contribution in [0.5, 0.6) is 0 Å². The molecule has 3 nitrogen and oxygen atoms in total. The van der Waals surface area contributed by atoms with Crippen LogP contribution >= 0.6 is 0 Å². The maximum absolute atomic E-state index is 6.06. The zero-order valence-corrected chi connectivity index (χ0v) is 7.31. The van der Waals surface area contributed by atoms with E-state index < -0.39 is 0 Å². The molecule has 2 saturated heterocycles. The second-order valence-corrected chi connectivity index (χ2v) is 3.73. The van der Waals surface area contributed by atoms with E-state index in [0.29, 0.717) is 0 Å². The first-order chi connectivity index (χ1) is 5.76. The number of rotatable bonds is 0. The standard InChI is InChI=1S/C9H16N2O/c1-7-9(8(10)6-11-7)2-4-12-5-3-9/h8,11H,1-6,10H2. The molecular weight excluding hydrogens is 152 g/mol. The summed E-state index contributed by atoms with van der Waals surface area (Å²) in [5.41, 5.74) is 7.32. The van der Waals surface area contributed by atoms with Crippen molar-refractivity contribution in [2.75, 3.05) is 19.8 Å². The monoisotopic (exact) mass is 168 g/mol. The van der Waals surface area contributed by atoms with Crippen LogP contribution in [0.3, 0.4) is 0 Å². The molecule has 0 radical (unpaired) electrons. The van der Waals surface area contributed by atoms with E-state index in [1.165, 1.54) is 0 Å². The van der Waals surface area contributed by atoms with E-state index in [1.807, 2.05) is 0 Å². The lowest BCUT2D eigenvalue weighted by atomic mass is 9.74. The third kappa shape index (κ3) is 0.967. The van der Waals surface area contributed by atoms with Gasteiger partial charge in [-0.1, -0.05) is 6.58 Å². The van der Waals surface area contributed by atoms with Crippen LogP contribution in [-0.4, -0.2) is 25.8 Å². The van der Waals surface area contributed by atoms with Crippen LogP contribution in [0, 0.1) is 5.41 Å². The average Bonchev–Trinajstić information content (AvgIpc) is 2.36. The lowest BCUT2D eigenvalue weighted by molar-refractivity contribution is 0.0289. The first kappa shape index (κ1) is 8.08. The summed E-state index contributed by atoms with van der Waals surface area (Å²) in [6.45, 7) is 6.56. The topological polar surface area (TPSA) is 47.3 Å². The lowest BCUT2D eigenvalue weighted by Crippen LogP contribution is -2.43. The Morgan fingerprint density at radius 1 is 1.50 bits per heavy atom. The van der Waals surface area contributed by atoms with E-state index in [9.17, 15) is 0 Å². The van der Waals surface area contributed by atoms with E-state index in [-0.39, 0.29) is 11.5 Å². The van der Waals surface area contributed by atoms with Crippen molar-refractivity contribution >= 4 is 0 Å². The van der Waals surface area contributed by atoms with Crippen LogP contribution in [0.1, 0.15) is 12.8 Å². The minimum absolute atomic E-state index is 0.137. The Kier molecular flexibility index (Phi) is 1.85. The van der Waals surface area contributed by atoms with Gasteiger partial charge in [0, 0.05) is 36.9 Å². The highest BCUT2D eigenvalue weighted by molar-refractivity contribution is 5.19. The van der Waals surface area contributed by atoms with Gasteiger partial charge in [0.1, 0.15) is 0 Å². The number of nitrogens with two attached hydrogens (primary N) is 1. The van der Waals surface area contributed by atoms with E-state index >= 15 is 0 Å². The molecule has 3 heteroatoms. The maximum atomic E-state index is 6.06. The number of nitrogens with one attached hydrogen (secondary N) is 1. The molecule has 0 aromatic carbocycles. The summed E-state index contributed by atoms with van der Waals surface area (Å²) in [7, 11) is 0. The summed E-state index contributed by atoms with van der Waals surface area (Å²) in [6.07, 6.45) is 2.06. The SMILES string of the molecule is C=C1NCC(N)C12CCOCC2. The zero-order valence-electron chi connectivity index (χ0n) is 7.31. The maximum Gasteiger partial charge on any atom is 0.0475 e. The van der Waals surface area contributed by atoms with E-state index in [2.05, 4.69) is 11.9 Å². The normalized spacial score (nSPS) is 33.8. The fourth-order valence-corrected chi connectivity index (χ4v) is 2.24. The minimum atomic E-state index is 0.137. The van der Waals surface area contributed by atoms with Crippen molar-refractivity contribution in [3.05, 3.63) is 12.3 Å². The summed E-state index contributed by atoms with van der Waals surface area (Å²) >= 11 is 0. The van der Waals surface area contributed by atoms with Gasteiger partial charge in [-0.2, -0.15) is 0 Å². The molecule has 68 valence electrons. The number of ether oxygens (including phenoxy) is 1. The Labute approximate surface area is 73.0 Å². The molecule has 2 fully saturated rings. The summed E-state index contributed by atoms with van der Waals surface area (Å²) in [5.74, 6) is 0. The molecule has 0 aliphatic carbocycles. The summed E-state index contributed by atoms with van der Waals surface area (Å²) < 4.78 is 5.33. The molecule has 0 aromatic rings. The molecule has 12 heavy (non-hydrogen) atoms. The summed E-state index contributed by atoms with van der Waals surface area (Å²) in [4.78, 5) is 0. The van der Waals surface area contributed by atoms with Gasteiger partial charge in [-0.15, -0.1) is 0 Å². The second kappa shape index (κ2) is 2.75. The molecule has 2 rings (SSSR count). The van der Waals surface area contributed by atoms with E-state index in [1.54, 1.807) is 0 Å². The second-order valence-electron chi connectivity index (χ2n) is 3.73. The minimum Gasteiger partial charge on any atom is -0.387 e. The largest absolute Gasteiger partial charge is 0.387 e. The quantitative estimate of drug-likeness (QED) is 0.544. The van der Waals surface area contributed by atoms with Crippen LogP contribution < -0.4 is 11.1 Å².